The number of nitrogens with zero attached hydrogens (tertiary/aromatic N) is 4. The van der Waals surface area contributed by atoms with Gasteiger partial charge in [0.15, 0.2) is 0 Å². The Morgan fingerprint density at radius 1 is 1.17 bits per heavy atom. The van der Waals surface area contributed by atoms with Crippen LogP contribution in [0.4, 0.5) is 8.78 Å². The van der Waals surface area contributed by atoms with E-state index in [2.05, 4.69) is 15.2 Å². The number of carbonyl (C=O) groups is 1. The molecule has 1 aromatic carbocycles. The molecule has 0 bridgehead atoms. The van der Waals surface area contributed by atoms with Gasteiger partial charge in [-0.15, -0.1) is 10.2 Å². The first-order valence-electron chi connectivity index (χ1n) is 9.67. The summed E-state index contributed by atoms with van der Waals surface area (Å²) < 4.78 is 30.5. The molecule has 2 aliphatic rings. The quantitative estimate of drug-likeness (QED) is 0.666. The minimum absolute atomic E-state index is 0.0633. The lowest BCUT2D eigenvalue weighted by Crippen LogP contribution is -2.41. The molecule has 0 radical (unpaired) electrons. The van der Waals surface area contributed by atoms with E-state index in [0.717, 1.165) is 18.4 Å². The van der Waals surface area contributed by atoms with E-state index in [1.54, 1.807) is 47.5 Å². The van der Waals surface area contributed by atoms with Crippen molar-refractivity contribution in [1.82, 2.24) is 20.1 Å². The monoisotopic (exact) mass is 412 g/mol. The number of alkyl halides is 2. The number of aliphatic hydroxyl groups is 1. The van der Waals surface area contributed by atoms with Crippen LogP contribution >= 0.6 is 0 Å². The molecule has 1 saturated carbocycles. The van der Waals surface area contributed by atoms with E-state index in [1.807, 2.05) is 0 Å². The van der Waals surface area contributed by atoms with E-state index in [9.17, 15) is 18.7 Å². The third-order valence-corrected chi connectivity index (χ3v) is 5.60. The maximum atomic E-state index is 13.2. The number of carbonyl (C=O) groups excluding carboxylic acids is 1. The van der Waals surface area contributed by atoms with E-state index >= 15 is 0 Å². The van der Waals surface area contributed by atoms with Crippen molar-refractivity contribution in [3.63, 3.8) is 0 Å². The topological polar surface area (TPSA) is 92.4 Å². The summed E-state index contributed by atoms with van der Waals surface area (Å²) in [7, 11) is 0. The predicted molar refractivity (Wildman–Crippen MR) is 100 cm³/mol. The van der Waals surface area contributed by atoms with Gasteiger partial charge in [0.25, 0.3) is 11.8 Å². The number of pyridine rings is 1. The smallest absolute Gasteiger partial charge is 0.314 e. The molecule has 1 aliphatic carbocycles. The molecular formula is C21H18F2N4O3. The summed E-state index contributed by atoms with van der Waals surface area (Å²) in [6.45, 7) is 0.367. The molecule has 3 aromatic rings. The van der Waals surface area contributed by atoms with Gasteiger partial charge >= 0.3 is 6.43 Å². The molecule has 2 aromatic heterocycles. The van der Waals surface area contributed by atoms with Crippen LogP contribution in [0.5, 0.6) is 0 Å². The third kappa shape index (κ3) is 3.24. The number of aromatic nitrogens is 3. The van der Waals surface area contributed by atoms with Crippen molar-refractivity contribution in [3.8, 4) is 11.5 Å². The van der Waals surface area contributed by atoms with Gasteiger partial charge in [0.2, 0.25) is 5.89 Å². The van der Waals surface area contributed by atoms with Crippen molar-refractivity contribution >= 4 is 5.91 Å². The van der Waals surface area contributed by atoms with Crippen LogP contribution in [-0.2, 0) is 6.54 Å². The van der Waals surface area contributed by atoms with Gasteiger partial charge in [0.05, 0.1) is 11.7 Å². The Labute approximate surface area is 170 Å². The van der Waals surface area contributed by atoms with Gasteiger partial charge in [-0.3, -0.25) is 9.78 Å². The van der Waals surface area contributed by atoms with Crippen molar-refractivity contribution in [2.75, 3.05) is 0 Å². The van der Waals surface area contributed by atoms with Gasteiger partial charge in [0.1, 0.15) is 6.10 Å². The molecule has 1 N–H and O–H groups in total. The van der Waals surface area contributed by atoms with Crippen molar-refractivity contribution in [1.29, 1.82) is 0 Å². The number of aliphatic hydroxyl groups excluding tert-OH is 1. The molecular weight excluding hydrogens is 394 g/mol. The lowest BCUT2D eigenvalue weighted by atomic mass is 10.0. The Morgan fingerprint density at radius 2 is 2.00 bits per heavy atom. The average molecular weight is 412 g/mol. The van der Waals surface area contributed by atoms with Crippen LogP contribution in [0.1, 0.15) is 52.9 Å². The highest BCUT2D eigenvalue weighted by atomic mass is 19.3. The summed E-state index contributed by atoms with van der Waals surface area (Å²) in [5, 5.41) is 18.0. The van der Waals surface area contributed by atoms with Crippen molar-refractivity contribution in [2.24, 2.45) is 5.92 Å². The minimum atomic E-state index is -2.86. The van der Waals surface area contributed by atoms with Crippen molar-refractivity contribution in [3.05, 3.63) is 65.3 Å². The number of benzene rings is 1. The standard InChI is InChI=1S/C21H18F2N4O3/c22-18(23)20-26-25-19(30-20)12-6-7-13-10-27(21(29)14(13)9-12)16(11-4-5-11)17(28)15-3-1-2-8-24-15/h1-3,6-9,11,16-18,28H,4-5,10H2. The van der Waals surface area contributed by atoms with E-state index in [0.29, 0.717) is 23.4 Å². The van der Waals surface area contributed by atoms with Gasteiger partial charge < -0.3 is 14.4 Å². The van der Waals surface area contributed by atoms with Crippen LogP contribution in [-0.4, -0.2) is 37.1 Å². The summed E-state index contributed by atoms with van der Waals surface area (Å²) in [6, 6.07) is 9.96. The Morgan fingerprint density at radius 3 is 2.67 bits per heavy atom. The molecule has 2 unspecified atom stereocenters. The largest absolute Gasteiger partial charge is 0.415 e. The predicted octanol–water partition coefficient (Wildman–Crippen LogP) is 3.54. The number of hydrogen-bond donors (Lipinski definition) is 1. The van der Waals surface area contributed by atoms with Gasteiger partial charge in [-0.05, 0) is 48.6 Å². The Kier molecular flexibility index (Phi) is 4.54. The van der Waals surface area contributed by atoms with Crippen LogP contribution in [0.25, 0.3) is 11.5 Å². The number of halogens is 2. The van der Waals surface area contributed by atoms with E-state index in [1.165, 1.54) is 0 Å². The second-order valence-electron chi connectivity index (χ2n) is 7.58. The number of rotatable bonds is 6. The molecule has 9 heteroatoms. The molecule has 3 heterocycles. The summed E-state index contributed by atoms with van der Waals surface area (Å²) in [6.07, 6.45) is -0.240. The number of hydrogen-bond acceptors (Lipinski definition) is 6. The summed E-state index contributed by atoms with van der Waals surface area (Å²) in [4.78, 5) is 19.1. The Bertz CT molecular complexity index is 1080. The van der Waals surface area contributed by atoms with Gasteiger partial charge in [0, 0.05) is 23.9 Å². The van der Waals surface area contributed by atoms with Crippen LogP contribution in [0.3, 0.4) is 0 Å². The molecule has 0 spiro atoms. The second-order valence-corrected chi connectivity index (χ2v) is 7.58. The molecule has 5 rings (SSSR count). The zero-order valence-corrected chi connectivity index (χ0v) is 15.8. The van der Waals surface area contributed by atoms with Gasteiger partial charge in [-0.1, -0.05) is 12.1 Å². The highest BCUT2D eigenvalue weighted by Crippen LogP contribution is 2.43. The van der Waals surface area contributed by atoms with Crippen LogP contribution in [0.15, 0.2) is 47.0 Å². The molecule has 154 valence electrons. The first-order chi connectivity index (χ1) is 14.5. The van der Waals surface area contributed by atoms with Crippen LogP contribution in [0, 0.1) is 5.92 Å². The molecule has 30 heavy (non-hydrogen) atoms. The fraction of sp³-hybridized carbons (Fsp3) is 0.333. The molecule has 1 aliphatic heterocycles. The Balaban J connectivity index is 1.44. The highest BCUT2D eigenvalue weighted by Gasteiger charge is 2.45. The fourth-order valence-corrected chi connectivity index (χ4v) is 3.98. The summed E-state index contributed by atoms with van der Waals surface area (Å²) in [5.41, 5.74) is 2.18. The first-order valence-corrected chi connectivity index (χ1v) is 9.67. The zero-order valence-electron chi connectivity index (χ0n) is 15.8. The summed E-state index contributed by atoms with van der Waals surface area (Å²) >= 11 is 0. The number of amides is 1. The van der Waals surface area contributed by atoms with Crippen molar-refractivity contribution < 1.29 is 23.1 Å². The Hall–Kier alpha value is -3.20. The van der Waals surface area contributed by atoms with E-state index in [-0.39, 0.29) is 23.8 Å². The molecule has 1 fully saturated rings. The van der Waals surface area contributed by atoms with E-state index in [4.69, 9.17) is 4.42 Å². The maximum absolute atomic E-state index is 13.2. The molecule has 1 amide bonds. The van der Waals surface area contributed by atoms with Crippen LogP contribution < -0.4 is 0 Å². The SMILES string of the molecule is O=C1c2cc(-c3nnc(C(F)F)o3)ccc2CN1C(C1CC1)C(O)c1ccccn1. The van der Waals surface area contributed by atoms with Gasteiger partial charge in [-0.2, -0.15) is 8.78 Å². The molecule has 7 nitrogen and oxygen atoms in total. The van der Waals surface area contributed by atoms with Crippen LogP contribution in [0.2, 0.25) is 0 Å². The van der Waals surface area contributed by atoms with E-state index < -0.39 is 18.4 Å². The lowest BCUT2D eigenvalue weighted by molar-refractivity contribution is 0.0277. The lowest BCUT2D eigenvalue weighted by Gasteiger charge is -2.31. The third-order valence-electron chi connectivity index (χ3n) is 5.60. The number of fused-ring (bicyclic) bond motifs is 1. The maximum Gasteiger partial charge on any atom is 0.314 e. The fourth-order valence-electron chi connectivity index (χ4n) is 3.98. The minimum Gasteiger partial charge on any atom is -0.415 e. The van der Waals surface area contributed by atoms with Gasteiger partial charge in [-0.25, -0.2) is 0 Å². The van der Waals surface area contributed by atoms with Crippen molar-refractivity contribution in [2.45, 2.75) is 38.0 Å². The normalized spacial score (nSPS) is 18.0. The summed E-state index contributed by atoms with van der Waals surface area (Å²) in [5.74, 6) is -0.825. The molecule has 2 atom stereocenters. The zero-order chi connectivity index (χ0) is 20.8. The molecule has 0 saturated heterocycles. The average Bonchev–Trinajstić information content (AvgIpc) is 3.36. The first kappa shape index (κ1) is 18.8. The second kappa shape index (κ2) is 7.24. The highest BCUT2D eigenvalue weighted by molar-refractivity contribution is 5.99.